The van der Waals surface area contributed by atoms with Crippen molar-refractivity contribution in [1.82, 2.24) is 0 Å². The topological polar surface area (TPSA) is 69.4 Å². The summed E-state index contributed by atoms with van der Waals surface area (Å²) in [7, 11) is -3.30. The van der Waals surface area contributed by atoms with Gasteiger partial charge in [0.1, 0.15) is 0 Å². The van der Waals surface area contributed by atoms with Gasteiger partial charge in [0.05, 0.1) is 5.75 Å². The molecule has 0 rings (SSSR count). The smallest absolute Gasteiger partial charge is 0.209 e. The van der Waals surface area contributed by atoms with E-state index in [0.29, 0.717) is 24.9 Å². The lowest BCUT2D eigenvalue weighted by molar-refractivity contribution is 0.0991. The summed E-state index contributed by atoms with van der Waals surface area (Å²) in [6.45, 7) is 7.69. The average molecular weight is 237 g/mol. The number of hydrogen-bond acceptors (Lipinski definition) is 3. The van der Waals surface area contributed by atoms with Crippen molar-refractivity contribution in [3.05, 3.63) is 0 Å². The lowest BCUT2D eigenvalue weighted by Gasteiger charge is -2.11. The van der Waals surface area contributed by atoms with Gasteiger partial charge < -0.3 is 4.74 Å². The molecule has 0 fully saturated rings. The van der Waals surface area contributed by atoms with E-state index in [1.54, 1.807) is 0 Å². The number of ether oxygens (including phenoxy) is 1. The summed E-state index contributed by atoms with van der Waals surface area (Å²) in [4.78, 5) is 0. The molecule has 1 unspecified atom stereocenters. The van der Waals surface area contributed by atoms with Crippen molar-refractivity contribution in [3.63, 3.8) is 0 Å². The second kappa shape index (κ2) is 7.19. The zero-order valence-corrected chi connectivity index (χ0v) is 10.7. The van der Waals surface area contributed by atoms with Crippen LogP contribution in [0.5, 0.6) is 0 Å². The Kier molecular flexibility index (Phi) is 7.13. The molecule has 0 amide bonds. The van der Waals surface area contributed by atoms with E-state index in [4.69, 9.17) is 9.88 Å². The third-order valence-corrected chi connectivity index (χ3v) is 2.91. The standard InChI is InChI=1S/C10H23NO3S/c1-9(2)8-14-6-4-10(3)5-7-15(11,12)13/h9-10H,4-8H2,1-3H3,(H2,11,12,13). The van der Waals surface area contributed by atoms with Crippen LogP contribution in [0.2, 0.25) is 0 Å². The maximum atomic E-state index is 10.7. The van der Waals surface area contributed by atoms with Crippen LogP contribution in [-0.4, -0.2) is 27.4 Å². The third kappa shape index (κ3) is 11.8. The zero-order valence-electron chi connectivity index (χ0n) is 9.90. The van der Waals surface area contributed by atoms with Crippen LogP contribution in [0.4, 0.5) is 0 Å². The minimum Gasteiger partial charge on any atom is -0.381 e. The first-order valence-electron chi connectivity index (χ1n) is 5.39. The van der Waals surface area contributed by atoms with E-state index in [2.05, 4.69) is 13.8 Å². The van der Waals surface area contributed by atoms with E-state index < -0.39 is 10.0 Å². The van der Waals surface area contributed by atoms with Gasteiger partial charge in [-0.2, -0.15) is 0 Å². The maximum Gasteiger partial charge on any atom is 0.209 e. The summed E-state index contributed by atoms with van der Waals surface area (Å²) in [5.41, 5.74) is 0. The quantitative estimate of drug-likeness (QED) is 0.648. The molecule has 2 N–H and O–H groups in total. The second-order valence-electron chi connectivity index (χ2n) is 4.52. The molecule has 92 valence electrons. The first kappa shape index (κ1) is 14.9. The van der Waals surface area contributed by atoms with Crippen LogP contribution in [0.3, 0.4) is 0 Å². The van der Waals surface area contributed by atoms with E-state index in [1.165, 1.54) is 0 Å². The summed E-state index contributed by atoms with van der Waals surface area (Å²) in [6, 6.07) is 0. The van der Waals surface area contributed by atoms with Crippen LogP contribution >= 0.6 is 0 Å². The number of sulfonamides is 1. The maximum absolute atomic E-state index is 10.7. The fourth-order valence-electron chi connectivity index (χ4n) is 1.11. The predicted molar refractivity (Wildman–Crippen MR) is 62.0 cm³/mol. The van der Waals surface area contributed by atoms with Crippen molar-refractivity contribution in [3.8, 4) is 0 Å². The molecule has 0 heterocycles. The van der Waals surface area contributed by atoms with Crippen LogP contribution in [-0.2, 0) is 14.8 Å². The van der Waals surface area contributed by atoms with Crippen molar-refractivity contribution in [2.75, 3.05) is 19.0 Å². The van der Waals surface area contributed by atoms with Crippen molar-refractivity contribution < 1.29 is 13.2 Å². The highest BCUT2D eigenvalue weighted by atomic mass is 32.2. The summed E-state index contributed by atoms with van der Waals surface area (Å²) in [5, 5.41) is 4.92. The molecule has 15 heavy (non-hydrogen) atoms. The largest absolute Gasteiger partial charge is 0.381 e. The SMILES string of the molecule is CC(C)COCCC(C)CCS(N)(=O)=O. The number of hydrogen-bond donors (Lipinski definition) is 1. The molecule has 0 aromatic carbocycles. The van der Waals surface area contributed by atoms with Crippen LogP contribution in [0.15, 0.2) is 0 Å². The Balaban J connectivity index is 3.46. The van der Waals surface area contributed by atoms with Gasteiger partial charge in [-0.05, 0) is 24.7 Å². The molecule has 0 saturated heterocycles. The fourth-order valence-corrected chi connectivity index (χ4v) is 1.84. The molecule has 0 saturated carbocycles. The van der Waals surface area contributed by atoms with Gasteiger partial charge in [0, 0.05) is 13.2 Å². The molecule has 0 aromatic rings. The third-order valence-electron chi connectivity index (χ3n) is 2.10. The molecule has 0 aliphatic carbocycles. The van der Waals surface area contributed by atoms with Crippen LogP contribution in [0.1, 0.15) is 33.6 Å². The fraction of sp³-hybridized carbons (Fsp3) is 1.00. The zero-order chi connectivity index (χ0) is 11.9. The Hall–Kier alpha value is -0.130. The molecule has 0 aliphatic heterocycles. The monoisotopic (exact) mass is 237 g/mol. The van der Waals surface area contributed by atoms with Gasteiger partial charge in [-0.1, -0.05) is 20.8 Å². The normalized spacial score (nSPS) is 14.5. The minimum absolute atomic E-state index is 0.0678. The summed E-state index contributed by atoms with van der Waals surface area (Å²) in [6.07, 6.45) is 1.51. The van der Waals surface area contributed by atoms with Crippen molar-refractivity contribution in [2.24, 2.45) is 17.0 Å². The average Bonchev–Trinajstić information content (AvgIpc) is 2.07. The highest BCUT2D eigenvalue weighted by molar-refractivity contribution is 7.89. The number of nitrogens with two attached hydrogens (primary N) is 1. The van der Waals surface area contributed by atoms with E-state index >= 15 is 0 Å². The Morgan fingerprint density at radius 1 is 1.20 bits per heavy atom. The summed E-state index contributed by atoms with van der Waals surface area (Å²) >= 11 is 0. The highest BCUT2D eigenvalue weighted by Crippen LogP contribution is 2.08. The van der Waals surface area contributed by atoms with Gasteiger partial charge in [0.15, 0.2) is 0 Å². The molecule has 1 atom stereocenters. The van der Waals surface area contributed by atoms with Gasteiger partial charge in [0.2, 0.25) is 10.0 Å². The molecule has 5 heteroatoms. The molecule has 0 spiro atoms. The lowest BCUT2D eigenvalue weighted by atomic mass is 10.1. The first-order chi connectivity index (χ1) is 6.81. The van der Waals surface area contributed by atoms with Crippen molar-refractivity contribution in [2.45, 2.75) is 33.6 Å². The predicted octanol–water partition coefficient (Wildman–Crippen LogP) is 1.36. The van der Waals surface area contributed by atoms with Gasteiger partial charge in [-0.15, -0.1) is 0 Å². The van der Waals surface area contributed by atoms with Crippen LogP contribution in [0, 0.1) is 11.8 Å². The van der Waals surface area contributed by atoms with Gasteiger partial charge in [-0.3, -0.25) is 0 Å². The van der Waals surface area contributed by atoms with E-state index in [1.807, 2.05) is 6.92 Å². The van der Waals surface area contributed by atoms with Crippen molar-refractivity contribution >= 4 is 10.0 Å². The van der Waals surface area contributed by atoms with Gasteiger partial charge in [-0.25, -0.2) is 13.6 Å². The number of primary sulfonamides is 1. The Morgan fingerprint density at radius 3 is 2.27 bits per heavy atom. The van der Waals surface area contributed by atoms with Crippen LogP contribution < -0.4 is 5.14 Å². The molecular weight excluding hydrogens is 214 g/mol. The molecule has 0 aromatic heterocycles. The first-order valence-corrected chi connectivity index (χ1v) is 7.11. The van der Waals surface area contributed by atoms with E-state index in [-0.39, 0.29) is 5.75 Å². The minimum atomic E-state index is -3.30. The Labute approximate surface area is 93.2 Å². The lowest BCUT2D eigenvalue weighted by Crippen LogP contribution is -2.18. The highest BCUT2D eigenvalue weighted by Gasteiger charge is 2.08. The van der Waals surface area contributed by atoms with E-state index in [0.717, 1.165) is 13.0 Å². The number of rotatable bonds is 8. The molecular formula is C10H23NO3S. The molecule has 0 aliphatic rings. The van der Waals surface area contributed by atoms with Gasteiger partial charge >= 0.3 is 0 Å². The van der Waals surface area contributed by atoms with Gasteiger partial charge in [0.25, 0.3) is 0 Å². The molecule has 0 radical (unpaired) electrons. The summed E-state index contributed by atoms with van der Waals surface area (Å²) in [5.74, 6) is 0.957. The van der Waals surface area contributed by atoms with Crippen LogP contribution in [0.25, 0.3) is 0 Å². The van der Waals surface area contributed by atoms with Crippen molar-refractivity contribution in [1.29, 1.82) is 0 Å². The van der Waals surface area contributed by atoms with E-state index in [9.17, 15) is 8.42 Å². The Bertz CT molecular complexity index is 249. The molecule has 0 bridgehead atoms. The summed E-state index contributed by atoms with van der Waals surface area (Å²) < 4.78 is 26.8. The Morgan fingerprint density at radius 2 is 1.80 bits per heavy atom. The molecule has 4 nitrogen and oxygen atoms in total. The second-order valence-corrected chi connectivity index (χ2v) is 6.25.